The predicted molar refractivity (Wildman–Crippen MR) is 70.6 cm³/mol. The summed E-state index contributed by atoms with van der Waals surface area (Å²) in [7, 11) is -3.46. The van der Waals surface area contributed by atoms with Crippen molar-refractivity contribution in [2.75, 3.05) is 26.0 Å². The molecule has 0 radical (unpaired) electrons. The van der Waals surface area contributed by atoms with E-state index < -0.39 is 25.8 Å². The highest BCUT2D eigenvalue weighted by Crippen LogP contribution is 2.48. The molecule has 0 saturated carbocycles. The van der Waals surface area contributed by atoms with E-state index in [2.05, 4.69) is 0 Å². The Morgan fingerprint density at radius 1 is 1.37 bits per heavy atom. The third kappa shape index (κ3) is 7.00. The number of primary amides is 1. The van der Waals surface area contributed by atoms with Crippen molar-refractivity contribution in [3.63, 3.8) is 0 Å². The molecular weight excluding hydrogens is 273 g/mol. The molecule has 0 fully saturated rings. The molecule has 5 N–H and O–H groups in total. The summed E-state index contributed by atoms with van der Waals surface area (Å²) in [5, 5.41) is 10.5. The molecule has 1 amide bonds. The van der Waals surface area contributed by atoms with Crippen molar-refractivity contribution in [2.24, 2.45) is 11.5 Å². The van der Waals surface area contributed by atoms with Crippen LogP contribution in [0.3, 0.4) is 0 Å². The summed E-state index contributed by atoms with van der Waals surface area (Å²) in [5.74, 6) is -0.713. The molecule has 0 aliphatic heterocycles. The third-order valence-corrected chi connectivity index (χ3v) is 4.28. The van der Waals surface area contributed by atoms with Gasteiger partial charge in [0, 0.05) is 0 Å². The minimum atomic E-state index is -3.46. The number of hydrogen-bond donors (Lipinski definition) is 3. The smallest absolute Gasteiger partial charge is 0.346 e. The van der Waals surface area contributed by atoms with Gasteiger partial charge in [0.15, 0.2) is 0 Å². The minimum Gasteiger partial charge on any atom is -0.368 e. The van der Waals surface area contributed by atoms with Gasteiger partial charge in [-0.15, -0.1) is 0 Å². The van der Waals surface area contributed by atoms with E-state index in [-0.39, 0.29) is 19.6 Å². The van der Waals surface area contributed by atoms with Crippen molar-refractivity contribution in [1.82, 2.24) is 5.06 Å². The van der Waals surface area contributed by atoms with Crippen LogP contribution in [0.15, 0.2) is 0 Å². The Hall–Kier alpha value is -0.500. The van der Waals surface area contributed by atoms with E-state index in [0.717, 1.165) is 0 Å². The van der Waals surface area contributed by atoms with Crippen molar-refractivity contribution < 1.29 is 23.6 Å². The fourth-order valence-corrected chi connectivity index (χ4v) is 3.11. The Morgan fingerprint density at radius 3 is 2.26 bits per heavy atom. The minimum absolute atomic E-state index is 0.176. The Kier molecular flexibility index (Phi) is 9.16. The normalized spacial score (nSPS) is 13.7. The zero-order valence-corrected chi connectivity index (χ0v) is 12.3. The molecule has 0 aliphatic carbocycles. The molecule has 0 saturated heterocycles. The summed E-state index contributed by atoms with van der Waals surface area (Å²) >= 11 is 0. The maximum Gasteiger partial charge on any atom is 0.346 e. The highest BCUT2D eigenvalue weighted by molar-refractivity contribution is 7.53. The fraction of sp³-hybridized carbons (Fsp3) is 0.900. The molecule has 0 unspecified atom stereocenters. The van der Waals surface area contributed by atoms with Crippen molar-refractivity contribution in [3.05, 3.63) is 0 Å². The summed E-state index contributed by atoms with van der Waals surface area (Å²) in [6, 6.07) is -0.960. The van der Waals surface area contributed by atoms with Gasteiger partial charge in [0.2, 0.25) is 5.91 Å². The number of nitrogens with two attached hydrogens (primary N) is 2. The van der Waals surface area contributed by atoms with Crippen molar-refractivity contribution in [1.29, 1.82) is 0 Å². The van der Waals surface area contributed by atoms with Crippen LogP contribution in [0.25, 0.3) is 0 Å². The number of rotatable bonds is 11. The van der Waals surface area contributed by atoms with E-state index in [1.807, 2.05) is 0 Å². The SMILES string of the molecule is CCOP(=O)(CN(O)[C@@H](CCCN)C(N)=O)OCC. The number of nitrogens with zero attached hydrogens (tertiary/aromatic N) is 1. The first-order valence-electron chi connectivity index (χ1n) is 6.23. The van der Waals surface area contributed by atoms with Crippen LogP contribution in [0.5, 0.6) is 0 Å². The Bertz CT molecular complexity index is 306. The molecule has 0 aromatic carbocycles. The number of carbonyl (C=O) groups excluding carboxylic acids is 1. The maximum absolute atomic E-state index is 12.2. The molecule has 19 heavy (non-hydrogen) atoms. The van der Waals surface area contributed by atoms with E-state index >= 15 is 0 Å². The highest BCUT2D eigenvalue weighted by Gasteiger charge is 2.32. The van der Waals surface area contributed by atoms with Crippen LogP contribution in [0.1, 0.15) is 26.7 Å². The topological polar surface area (TPSA) is 128 Å². The highest BCUT2D eigenvalue weighted by atomic mass is 31.2. The molecule has 0 bridgehead atoms. The summed E-state index contributed by atoms with van der Waals surface area (Å²) in [5.41, 5.74) is 10.5. The quantitative estimate of drug-likeness (QED) is 0.374. The van der Waals surface area contributed by atoms with E-state index in [0.29, 0.717) is 18.0 Å². The maximum atomic E-state index is 12.2. The molecule has 0 heterocycles. The van der Waals surface area contributed by atoms with Gasteiger partial charge in [0.1, 0.15) is 12.3 Å². The third-order valence-electron chi connectivity index (χ3n) is 2.34. The standard InChI is InChI=1S/C10H24N3O5P/c1-3-17-19(16,18-4-2)8-13(15)9(10(12)14)6-5-7-11/h9,15H,3-8,11H2,1-2H3,(H2,12,14)/t9-/m0/s1. The molecular formula is C10H24N3O5P. The van der Waals surface area contributed by atoms with Crippen LogP contribution in [-0.2, 0) is 18.4 Å². The van der Waals surface area contributed by atoms with E-state index in [4.69, 9.17) is 20.5 Å². The second kappa shape index (κ2) is 9.41. The summed E-state index contributed by atoms with van der Waals surface area (Å²) in [6.45, 7) is 4.04. The van der Waals surface area contributed by atoms with E-state index in [9.17, 15) is 14.6 Å². The van der Waals surface area contributed by atoms with Gasteiger partial charge in [-0.3, -0.25) is 9.36 Å². The lowest BCUT2D eigenvalue weighted by Gasteiger charge is -2.26. The van der Waals surface area contributed by atoms with Gasteiger partial charge in [-0.1, -0.05) is 0 Å². The summed E-state index contributed by atoms with van der Waals surface area (Å²) < 4.78 is 22.3. The van der Waals surface area contributed by atoms with Crippen LogP contribution < -0.4 is 11.5 Å². The monoisotopic (exact) mass is 297 g/mol. The number of carbonyl (C=O) groups is 1. The van der Waals surface area contributed by atoms with Crippen LogP contribution in [0.2, 0.25) is 0 Å². The lowest BCUT2D eigenvalue weighted by molar-refractivity contribution is -0.148. The first kappa shape index (κ1) is 18.5. The van der Waals surface area contributed by atoms with Crippen molar-refractivity contribution in [2.45, 2.75) is 32.7 Å². The largest absolute Gasteiger partial charge is 0.368 e. The molecule has 8 nitrogen and oxygen atoms in total. The van der Waals surface area contributed by atoms with Gasteiger partial charge in [-0.05, 0) is 33.2 Å². The van der Waals surface area contributed by atoms with Crippen LogP contribution in [0.4, 0.5) is 0 Å². The van der Waals surface area contributed by atoms with Crippen LogP contribution in [-0.4, -0.2) is 48.3 Å². The van der Waals surface area contributed by atoms with Gasteiger partial charge in [-0.2, -0.15) is 5.06 Å². The average Bonchev–Trinajstić information content (AvgIpc) is 2.29. The summed E-state index contributed by atoms with van der Waals surface area (Å²) in [6.07, 6.45) is 0.381. The van der Waals surface area contributed by atoms with Gasteiger partial charge >= 0.3 is 7.60 Å². The van der Waals surface area contributed by atoms with Crippen molar-refractivity contribution >= 4 is 13.5 Å². The van der Waals surface area contributed by atoms with Gasteiger partial charge in [0.25, 0.3) is 0 Å². The summed E-state index contributed by atoms with van der Waals surface area (Å²) in [4.78, 5) is 11.3. The van der Waals surface area contributed by atoms with Gasteiger partial charge in [-0.25, -0.2) is 0 Å². The Balaban J connectivity index is 4.69. The zero-order chi connectivity index (χ0) is 14.9. The van der Waals surface area contributed by atoms with E-state index in [1.165, 1.54) is 0 Å². The molecule has 0 aromatic heterocycles. The molecule has 114 valence electrons. The second-order valence-corrected chi connectivity index (χ2v) is 5.90. The van der Waals surface area contributed by atoms with E-state index in [1.54, 1.807) is 13.8 Å². The van der Waals surface area contributed by atoms with Crippen molar-refractivity contribution in [3.8, 4) is 0 Å². The second-order valence-electron chi connectivity index (χ2n) is 3.88. The zero-order valence-electron chi connectivity index (χ0n) is 11.4. The van der Waals surface area contributed by atoms with Crippen LogP contribution in [0, 0.1) is 0 Å². The first-order chi connectivity index (χ1) is 8.90. The Morgan fingerprint density at radius 2 is 1.89 bits per heavy atom. The molecule has 0 rings (SSSR count). The molecule has 1 atom stereocenters. The van der Waals surface area contributed by atoms with Gasteiger partial charge < -0.3 is 25.7 Å². The number of amides is 1. The molecule has 0 aromatic rings. The number of hydroxylamine groups is 2. The Labute approximate surface area is 113 Å². The molecule has 9 heteroatoms. The fourth-order valence-electron chi connectivity index (χ4n) is 1.54. The van der Waals surface area contributed by atoms with Gasteiger partial charge in [0.05, 0.1) is 13.2 Å². The average molecular weight is 297 g/mol. The molecule has 0 aliphatic rings. The lowest BCUT2D eigenvalue weighted by atomic mass is 10.1. The predicted octanol–water partition coefficient (Wildman–Crippen LogP) is 0.494. The first-order valence-corrected chi connectivity index (χ1v) is 7.96. The number of hydrogen-bond acceptors (Lipinski definition) is 7. The lowest BCUT2D eigenvalue weighted by Crippen LogP contribution is -2.43. The van der Waals surface area contributed by atoms with Crippen LogP contribution >= 0.6 is 7.60 Å². The molecule has 0 spiro atoms.